The molecule has 0 saturated carbocycles. The van der Waals surface area contributed by atoms with Gasteiger partial charge in [-0.15, -0.1) is 0 Å². The molecule has 1 unspecified atom stereocenters. The van der Waals surface area contributed by atoms with Crippen LogP contribution < -0.4 is 0 Å². The maximum Gasteiger partial charge on any atom is 0.323 e. The number of carboxylic acid groups (broad SMARTS) is 1. The van der Waals surface area contributed by atoms with E-state index in [-0.39, 0.29) is 6.04 Å². The molecule has 1 N–H and O–H groups in total. The van der Waals surface area contributed by atoms with Crippen molar-refractivity contribution in [3.05, 3.63) is 33.8 Å². The molecule has 0 heterocycles. The van der Waals surface area contributed by atoms with Gasteiger partial charge in [-0.25, -0.2) is 0 Å². The van der Waals surface area contributed by atoms with Crippen LogP contribution in [0.1, 0.15) is 32.4 Å². The summed E-state index contributed by atoms with van der Waals surface area (Å²) in [5, 5.41) is 10.4. The fourth-order valence-electron chi connectivity index (χ4n) is 1.68. The van der Waals surface area contributed by atoms with Crippen molar-refractivity contribution in [1.29, 1.82) is 0 Å². The van der Waals surface area contributed by atoms with Crippen LogP contribution in [0.3, 0.4) is 0 Å². The van der Waals surface area contributed by atoms with Gasteiger partial charge in [-0.05, 0) is 51.6 Å². The van der Waals surface area contributed by atoms with Gasteiger partial charge in [-0.1, -0.05) is 23.2 Å². The van der Waals surface area contributed by atoms with Crippen molar-refractivity contribution in [2.45, 2.75) is 32.4 Å². The first-order valence-corrected chi connectivity index (χ1v) is 6.34. The molecule has 0 bridgehead atoms. The van der Waals surface area contributed by atoms with E-state index >= 15 is 0 Å². The molecule has 1 rings (SSSR count). The number of halogens is 2. The van der Waals surface area contributed by atoms with E-state index in [2.05, 4.69) is 0 Å². The van der Waals surface area contributed by atoms with Crippen LogP contribution >= 0.6 is 23.2 Å². The fourth-order valence-corrected chi connectivity index (χ4v) is 2.13. The van der Waals surface area contributed by atoms with Gasteiger partial charge in [0.2, 0.25) is 0 Å². The standard InChI is InChI=1S/C13H17Cl2NO2/c1-8(16(4)13(2,3)12(17)18)10-7-9(14)5-6-11(10)15/h5-8H,1-4H3,(H,17,18). The van der Waals surface area contributed by atoms with E-state index in [4.69, 9.17) is 23.2 Å². The van der Waals surface area contributed by atoms with Gasteiger partial charge in [-0.2, -0.15) is 0 Å². The van der Waals surface area contributed by atoms with Crippen molar-refractivity contribution in [2.24, 2.45) is 0 Å². The molecule has 0 spiro atoms. The highest BCUT2D eigenvalue weighted by molar-refractivity contribution is 6.33. The summed E-state index contributed by atoms with van der Waals surface area (Å²) in [6.45, 7) is 5.22. The van der Waals surface area contributed by atoms with Gasteiger partial charge in [0.15, 0.2) is 0 Å². The van der Waals surface area contributed by atoms with Gasteiger partial charge in [0.1, 0.15) is 5.54 Å². The van der Waals surface area contributed by atoms with Crippen LogP contribution in [0, 0.1) is 0 Å². The van der Waals surface area contributed by atoms with Crippen molar-refractivity contribution in [2.75, 3.05) is 7.05 Å². The summed E-state index contributed by atoms with van der Waals surface area (Å²) in [4.78, 5) is 13.0. The number of nitrogens with zero attached hydrogens (tertiary/aromatic N) is 1. The number of benzene rings is 1. The zero-order valence-electron chi connectivity index (χ0n) is 10.9. The Bertz CT molecular complexity index is 460. The van der Waals surface area contributed by atoms with Gasteiger partial charge in [0.25, 0.3) is 0 Å². The Balaban J connectivity index is 3.10. The minimum atomic E-state index is -0.981. The molecule has 0 aliphatic carbocycles. The molecule has 0 radical (unpaired) electrons. The predicted molar refractivity (Wildman–Crippen MR) is 74.4 cm³/mol. The van der Waals surface area contributed by atoms with E-state index in [0.29, 0.717) is 10.0 Å². The van der Waals surface area contributed by atoms with Crippen molar-refractivity contribution < 1.29 is 9.90 Å². The average molecular weight is 290 g/mol. The van der Waals surface area contributed by atoms with Crippen molar-refractivity contribution in [3.8, 4) is 0 Å². The first-order valence-electron chi connectivity index (χ1n) is 5.59. The second kappa shape index (κ2) is 5.47. The number of carboxylic acids is 1. The highest BCUT2D eigenvalue weighted by Crippen LogP contribution is 2.32. The van der Waals surface area contributed by atoms with Crippen molar-refractivity contribution in [1.82, 2.24) is 4.90 Å². The quantitative estimate of drug-likeness (QED) is 0.915. The maximum atomic E-state index is 11.2. The van der Waals surface area contributed by atoms with E-state index in [1.165, 1.54) is 0 Å². The lowest BCUT2D eigenvalue weighted by Crippen LogP contribution is -2.48. The van der Waals surface area contributed by atoms with E-state index in [1.807, 2.05) is 6.92 Å². The van der Waals surface area contributed by atoms with Crippen LogP contribution in [-0.2, 0) is 4.79 Å². The minimum absolute atomic E-state index is 0.151. The lowest BCUT2D eigenvalue weighted by molar-refractivity contribution is -0.149. The molecule has 0 amide bonds. The molecule has 0 fully saturated rings. The lowest BCUT2D eigenvalue weighted by atomic mass is 9.98. The predicted octanol–water partition coefficient (Wildman–Crippen LogP) is 3.85. The highest BCUT2D eigenvalue weighted by atomic mass is 35.5. The van der Waals surface area contributed by atoms with Crippen molar-refractivity contribution >= 4 is 29.2 Å². The molecule has 0 aliphatic rings. The Morgan fingerprint density at radius 1 is 1.39 bits per heavy atom. The summed E-state index contributed by atoms with van der Waals surface area (Å²) >= 11 is 12.1. The number of aliphatic carboxylic acids is 1. The molecule has 5 heteroatoms. The summed E-state index contributed by atoms with van der Waals surface area (Å²) in [7, 11) is 1.76. The molecule has 100 valence electrons. The molecule has 3 nitrogen and oxygen atoms in total. The molecule has 0 aromatic heterocycles. The van der Waals surface area contributed by atoms with E-state index in [1.54, 1.807) is 44.0 Å². The summed E-state index contributed by atoms with van der Waals surface area (Å²) in [6, 6.07) is 5.05. The lowest BCUT2D eigenvalue weighted by Gasteiger charge is -2.36. The van der Waals surface area contributed by atoms with Gasteiger partial charge in [0.05, 0.1) is 0 Å². The largest absolute Gasteiger partial charge is 0.480 e. The molecule has 0 aliphatic heterocycles. The second-order valence-corrected chi connectivity index (χ2v) is 5.66. The van der Waals surface area contributed by atoms with Crippen LogP contribution in [0.15, 0.2) is 18.2 Å². The maximum absolute atomic E-state index is 11.2. The van der Waals surface area contributed by atoms with Crippen molar-refractivity contribution in [3.63, 3.8) is 0 Å². The molecule has 1 aromatic rings. The summed E-state index contributed by atoms with van der Waals surface area (Å²) in [5.41, 5.74) is -0.161. The van der Waals surface area contributed by atoms with E-state index in [0.717, 1.165) is 5.56 Å². The third kappa shape index (κ3) is 2.97. The number of rotatable bonds is 4. The number of carbonyl (C=O) groups is 1. The van der Waals surface area contributed by atoms with Gasteiger partial charge < -0.3 is 5.11 Å². The van der Waals surface area contributed by atoms with Crippen LogP contribution in [0.5, 0.6) is 0 Å². The topological polar surface area (TPSA) is 40.5 Å². The Morgan fingerprint density at radius 3 is 2.44 bits per heavy atom. The number of hydrogen-bond donors (Lipinski definition) is 1. The molecule has 18 heavy (non-hydrogen) atoms. The minimum Gasteiger partial charge on any atom is -0.480 e. The van der Waals surface area contributed by atoms with Crippen LogP contribution in [-0.4, -0.2) is 28.6 Å². The smallest absolute Gasteiger partial charge is 0.323 e. The average Bonchev–Trinajstić information content (AvgIpc) is 2.30. The first kappa shape index (κ1) is 15.3. The molecular weight excluding hydrogens is 273 g/mol. The summed E-state index contributed by atoms with van der Waals surface area (Å²) in [5.74, 6) is -0.880. The molecule has 1 atom stereocenters. The van der Waals surface area contributed by atoms with E-state index < -0.39 is 11.5 Å². The van der Waals surface area contributed by atoms with Gasteiger partial charge in [-0.3, -0.25) is 9.69 Å². The second-order valence-electron chi connectivity index (χ2n) is 4.82. The number of likely N-dealkylation sites (N-methyl/N-ethyl adjacent to an activating group) is 1. The molecule has 1 aromatic carbocycles. The van der Waals surface area contributed by atoms with Crippen LogP contribution in [0.4, 0.5) is 0 Å². The third-order valence-electron chi connectivity index (χ3n) is 3.39. The zero-order valence-corrected chi connectivity index (χ0v) is 12.4. The number of hydrogen-bond acceptors (Lipinski definition) is 2. The summed E-state index contributed by atoms with van der Waals surface area (Å²) < 4.78 is 0. The molecular formula is C13H17Cl2NO2. The third-order valence-corrected chi connectivity index (χ3v) is 3.97. The Labute approximate surface area is 117 Å². The Morgan fingerprint density at radius 2 is 1.94 bits per heavy atom. The molecule has 0 saturated heterocycles. The Kier molecular flexibility index (Phi) is 4.65. The van der Waals surface area contributed by atoms with Gasteiger partial charge >= 0.3 is 5.97 Å². The van der Waals surface area contributed by atoms with E-state index in [9.17, 15) is 9.90 Å². The summed E-state index contributed by atoms with van der Waals surface area (Å²) in [6.07, 6.45) is 0. The first-order chi connectivity index (χ1) is 8.17. The normalized spacial score (nSPS) is 13.7. The monoisotopic (exact) mass is 289 g/mol. The van der Waals surface area contributed by atoms with Gasteiger partial charge in [0, 0.05) is 16.1 Å². The van der Waals surface area contributed by atoms with Crippen LogP contribution in [0.2, 0.25) is 10.0 Å². The Hall–Kier alpha value is -0.770. The SMILES string of the molecule is CC(c1cc(Cl)ccc1Cl)N(C)C(C)(C)C(=O)O. The zero-order chi connectivity index (χ0) is 14.1. The fraction of sp³-hybridized carbons (Fsp3) is 0.462. The highest BCUT2D eigenvalue weighted by Gasteiger charge is 2.35. The van der Waals surface area contributed by atoms with Crippen LogP contribution in [0.25, 0.3) is 0 Å².